The molecular formula is C12H16ClNO4S. The first-order chi connectivity index (χ1) is 8.85. The van der Waals surface area contributed by atoms with E-state index < -0.39 is 15.8 Å². The van der Waals surface area contributed by atoms with E-state index in [1.807, 2.05) is 0 Å². The van der Waals surface area contributed by atoms with Crippen molar-refractivity contribution in [2.75, 3.05) is 33.0 Å². The van der Waals surface area contributed by atoms with Crippen LogP contribution in [0.25, 0.3) is 0 Å². The zero-order chi connectivity index (χ0) is 14.5. The van der Waals surface area contributed by atoms with Crippen LogP contribution in [0.4, 0.5) is 0 Å². The Morgan fingerprint density at radius 1 is 1.32 bits per heavy atom. The summed E-state index contributed by atoms with van der Waals surface area (Å²) in [6.07, 6.45) is 0. The number of sulfone groups is 1. The molecule has 0 aliphatic heterocycles. The second-order valence-corrected chi connectivity index (χ2v) is 6.63. The van der Waals surface area contributed by atoms with Crippen molar-refractivity contribution in [3.63, 3.8) is 0 Å². The van der Waals surface area contributed by atoms with Crippen LogP contribution in [0.2, 0.25) is 5.02 Å². The maximum Gasteiger partial charge on any atom is 0.319 e. The van der Waals surface area contributed by atoms with Crippen LogP contribution in [0.5, 0.6) is 0 Å². The second-order valence-electron chi connectivity index (χ2n) is 4.09. The number of carbonyl (C=O) groups is 1. The highest BCUT2D eigenvalue weighted by molar-refractivity contribution is 7.91. The van der Waals surface area contributed by atoms with Gasteiger partial charge in [-0.05, 0) is 31.3 Å². The minimum Gasteiger partial charge on any atom is -0.468 e. The number of esters is 1. The Morgan fingerprint density at radius 2 is 1.89 bits per heavy atom. The Labute approximate surface area is 118 Å². The summed E-state index contributed by atoms with van der Waals surface area (Å²) in [5, 5.41) is 0.488. The van der Waals surface area contributed by atoms with Gasteiger partial charge in [-0.15, -0.1) is 0 Å². The lowest BCUT2D eigenvalue weighted by atomic mass is 10.4. The lowest BCUT2D eigenvalue weighted by molar-refractivity contribution is -0.141. The molecule has 0 radical (unpaired) electrons. The van der Waals surface area contributed by atoms with Gasteiger partial charge in [-0.1, -0.05) is 11.6 Å². The molecule has 0 unspecified atom stereocenters. The minimum atomic E-state index is -3.37. The van der Waals surface area contributed by atoms with Crippen molar-refractivity contribution < 1.29 is 17.9 Å². The van der Waals surface area contributed by atoms with Gasteiger partial charge in [0, 0.05) is 11.6 Å². The molecule has 0 fully saturated rings. The Kier molecular flexibility index (Phi) is 5.78. The summed E-state index contributed by atoms with van der Waals surface area (Å²) < 4.78 is 28.5. The monoisotopic (exact) mass is 305 g/mol. The van der Waals surface area contributed by atoms with Crippen LogP contribution in [0.1, 0.15) is 0 Å². The van der Waals surface area contributed by atoms with Gasteiger partial charge in [0.05, 0.1) is 24.3 Å². The highest BCUT2D eigenvalue weighted by Crippen LogP contribution is 2.15. The Hall–Kier alpha value is -1.11. The molecule has 0 aliphatic carbocycles. The number of nitrogens with zero attached hydrogens (tertiary/aromatic N) is 1. The third-order valence-electron chi connectivity index (χ3n) is 2.54. The minimum absolute atomic E-state index is 0.0621. The predicted molar refractivity (Wildman–Crippen MR) is 73.0 cm³/mol. The highest BCUT2D eigenvalue weighted by Gasteiger charge is 2.16. The lowest BCUT2D eigenvalue weighted by Gasteiger charge is -2.14. The fourth-order valence-electron chi connectivity index (χ4n) is 1.40. The van der Waals surface area contributed by atoms with E-state index in [0.717, 1.165) is 0 Å². The summed E-state index contributed by atoms with van der Waals surface area (Å²) in [7, 11) is -0.414. The molecule has 0 saturated heterocycles. The molecule has 19 heavy (non-hydrogen) atoms. The quantitative estimate of drug-likeness (QED) is 0.739. The van der Waals surface area contributed by atoms with Crippen LogP contribution in [0, 0.1) is 0 Å². The van der Waals surface area contributed by atoms with Crippen molar-refractivity contribution in [3.8, 4) is 0 Å². The van der Waals surface area contributed by atoms with E-state index in [1.54, 1.807) is 11.9 Å². The molecule has 0 saturated carbocycles. The summed E-state index contributed by atoms with van der Waals surface area (Å²) in [4.78, 5) is 12.8. The molecule has 106 valence electrons. The van der Waals surface area contributed by atoms with Gasteiger partial charge >= 0.3 is 5.97 Å². The van der Waals surface area contributed by atoms with Gasteiger partial charge in [0.1, 0.15) is 0 Å². The molecule has 0 amide bonds. The molecule has 0 bridgehead atoms. The molecule has 0 spiro atoms. The third kappa shape index (κ3) is 5.18. The van der Waals surface area contributed by atoms with E-state index in [9.17, 15) is 13.2 Å². The Bertz CT molecular complexity index is 527. The lowest BCUT2D eigenvalue weighted by Crippen LogP contribution is -2.31. The fourth-order valence-corrected chi connectivity index (χ4v) is 2.86. The van der Waals surface area contributed by atoms with E-state index in [0.29, 0.717) is 5.02 Å². The summed E-state index contributed by atoms with van der Waals surface area (Å²) in [6.45, 7) is 0.312. The molecule has 0 heterocycles. The van der Waals surface area contributed by atoms with Crippen molar-refractivity contribution in [3.05, 3.63) is 29.3 Å². The van der Waals surface area contributed by atoms with Crippen LogP contribution in [0.15, 0.2) is 29.2 Å². The molecular weight excluding hydrogens is 290 g/mol. The zero-order valence-electron chi connectivity index (χ0n) is 10.8. The first kappa shape index (κ1) is 15.9. The van der Waals surface area contributed by atoms with Crippen LogP contribution in [-0.4, -0.2) is 52.3 Å². The molecule has 5 nitrogen and oxygen atoms in total. The number of benzene rings is 1. The highest BCUT2D eigenvalue weighted by atomic mass is 35.5. The number of hydrogen-bond acceptors (Lipinski definition) is 5. The number of hydrogen-bond donors (Lipinski definition) is 0. The fraction of sp³-hybridized carbons (Fsp3) is 0.417. The molecule has 0 aliphatic rings. The molecule has 0 aromatic heterocycles. The standard InChI is InChI=1S/C12H16ClNO4S/c1-14(9-12(15)18-2)7-8-19(16,17)11-5-3-10(13)4-6-11/h3-6H,7-9H2,1-2H3. The average Bonchev–Trinajstić information content (AvgIpc) is 2.37. The molecule has 1 aromatic rings. The van der Waals surface area contributed by atoms with Crippen molar-refractivity contribution >= 4 is 27.4 Å². The summed E-state index contributed by atoms with van der Waals surface area (Å²) >= 11 is 5.71. The molecule has 0 atom stereocenters. The Balaban J connectivity index is 2.61. The SMILES string of the molecule is COC(=O)CN(C)CCS(=O)(=O)c1ccc(Cl)cc1. The van der Waals surface area contributed by atoms with Crippen molar-refractivity contribution in [2.24, 2.45) is 0 Å². The second kappa shape index (κ2) is 6.88. The van der Waals surface area contributed by atoms with Gasteiger partial charge in [-0.2, -0.15) is 0 Å². The zero-order valence-corrected chi connectivity index (χ0v) is 12.4. The number of ether oxygens (including phenoxy) is 1. The number of likely N-dealkylation sites (N-methyl/N-ethyl adjacent to an activating group) is 1. The van der Waals surface area contributed by atoms with Crippen LogP contribution in [-0.2, 0) is 19.4 Å². The number of rotatable bonds is 6. The largest absolute Gasteiger partial charge is 0.468 e. The number of methoxy groups -OCH3 is 1. The van der Waals surface area contributed by atoms with E-state index in [-0.39, 0.29) is 23.7 Å². The summed E-state index contributed by atoms with van der Waals surface area (Å²) in [6, 6.07) is 6.01. The van der Waals surface area contributed by atoms with E-state index in [2.05, 4.69) is 4.74 Å². The summed E-state index contributed by atoms with van der Waals surface area (Å²) in [5.74, 6) is -0.464. The first-order valence-corrected chi connectivity index (χ1v) is 7.62. The van der Waals surface area contributed by atoms with Gasteiger partial charge in [0.15, 0.2) is 9.84 Å². The van der Waals surface area contributed by atoms with Gasteiger partial charge in [0.2, 0.25) is 0 Å². The van der Waals surface area contributed by atoms with Crippen molar-refractivity contribution in [1.82, 2.24) is 4.90 Å². The third-order valence-corrected chi connectivity index (χ3v) is 4.50. The predicted octanol–water partition coefficient (Wildman–Crippen LogP) is 1.22. The van der Waals surface area contributed by atoms with Gasteiger partial charge < -0.3 is 4.74 Å². The van der Waals surface area contributed by atoms with Gasteiger partial charge in [-0.25, -0.2) is 8.42 Å². The first-order valence-electron chi connectivity index (χ1n) is 5.59. The van der Waals surface area contributed by atoms with Crippen molar-refractivity contribution in [1.29, 1.82) is 0 Å². The summed E-state index contributed by atoms with van der Waals surface area (Å²) in [5.41, 5.74) is 0. The maximum absolute atomic E-state index is 12.0. The van der Waals surface area contributed by atoms with Gasteiger partial charge in [-0.3, -0.25) is 9.69 Å². The molecule has 7 heteroatoms. The van der Waals surface area contributed by atoms with E-state index in [1.165, 1.54) is 31.4 Å². The Morgan fingerprint density at radius 3 is 2.42 bits per heavy atom. The maximum atomic E-state index is 12.0. The molecule has 0 N–H and O–H groups in total. The van der Waals surface area contributed by atoms with Crippen molar-refractivity contribution in [2.45, 2.75) is 4.90 Å². The smallest absolute Gasteiger partial charge is 0.319 e. The van der Waals surface area contributed by atoms with E-state index >= 15 is 0 Å². The molecule has 1 rings (SSSR count). The van der Waals surface area contributed by atoms with Crippen LogP contribution >= 0.6 is 11.6 Å². The van der Waals surface area contributed by atoms with Crippen LogP contribution in [0.3, 0.4) is 0 Å². The normalized spacial score (nSPS) is 11.6. The van der Waals surface area contributed by atoms with E-state index in [4.69, 9.17) is 11.6 Å². The van der Waals surface area contributed by atoms with Crippen LogP contribution < -0.4 is 0 Å². The number of carbonyl (C=O) groups excluding carboxylic acids is 1. The van der Waals surface area contributed by atoms with Gasteiger partial charge in [0.25, 0.3) is 0 Å². The average molecular weight is 306 g/mol. The number of halogens is 1. The topological polar surface area (TPSA) is 63.7 Å². The molecule has 1 aromatic carbocycles.